The smallest absolute Gasteiger partial charge is 0.465 e. The number of carbonyl (C=O) groups excluding carboxylic acids is 1. The van der Waals surface area contributed by atoms with Gasteiger partial charge in [-0.05, 0) is 0 Å². The van der Waals surface area contributed by atoms with Crippen LogP contribution in [0.3, 0.4) is 0 Å². The van der Waals surface area contributed by atoms with Crippen LogP contribution in [0.2, 0.25) is 0 Å². The maximum absolute atomic E-state index is 12.5. The Bertz CT molecular complexity index is 536. The lowest BCUT2D eigenvalue weighted by Crippen LogP contribution is -2.25. The molecule has 1 aromatic heterocycles. The fraction of sp³-hybridized carbons (Fsp3) is 0.333. The molecule has 0 bridgehead atoms. The minimum Gasteiger partial charge on any atom is -0.465 e. The van der Waals surface area contributed by atoms with Gasteiger partial charge in [-0.25, -0.2) is 13.6 Å². The molecule has 106 valence electrons. The van der Waals surface area contributed by atoms with Crippen molar-refractivity contribution in [3.8, 4) is 5.75 Å². The number of esters is 1. The maximum Gasteiger partial charge on any atom is 0.573 e. The van der Waals surface area contributed by atoms with Gasteiger partial charge < -0.3 is 14.5 Å². The van der Waals surface area contributed by atoms with Gasteiger partial charge in [0.1, 0.15) is 0 Å². The number of rotatable bonds is 3. The highest BCUT2D eigenvalue weighted by molar-refractivity contribution is 5.91. The lowest BCUT2D eigenvalue weighted by Gasteiger charge is -2.11. The molecule has 1 N–H and O–H groups in total. The number of halogens is 5. The second-order valence-corrected chi connectivity index (χ2v) is 3.13. The zero-order valence-electron chi connectivity index (χ0n) is 9.18. The largest absolute Gasteiger partial charge is 0.573 e. The first-order chi connectivity index (χ1) is 8.65. The Balaban J connectivity index is 3.38. The summed E-state index contributed by atoms with van der Waals surface area (Å²) in [5, 5.41) is 0. The lowest BCUT2D eigenvalue weighted by atomic mass is 10.2. The topological polar surface area (TPSA) is 68.4 Å². The van der Waals surface area contributed by atoms with Crippen LogP contribution in [-0.4, -0.2) is 24.4 Å². The summed E-state index contributed by atoms with van der Waals surface area (Å²) in [7, 11) is 0.840. The van der Waals surface area contributed by atoms with Gasteiger partial charge in [-0.15, -0.1) is 13.2 Å². The summed E-state index contributed by atoms with van der Waals surface area (Å²) >= 11 is 0. The van der Waals surface area contributed by atoms with Gasteiger partial charge in [0.2, 0.25) is 0 Å². The van der Waals surface area contributed by atoms with E-state index in [1.54, 1.807) is 0 Å². The molecule has 1 rings (SSSR count). The predicted octanol–water partition coefficient (Wildman–Crippen LogP) is 2.00. The first kappa shape index (κ1) is 14.9. The van der Waals surface area contributed by atoms with Crippen molar-refractivity contribution in [2.75, 3.05) is 7.11 Å². The highest BCUT2D eigenvalue weighted by Crippen LogP contribution is 2.25. The molecule has 0 atom stereocenters. The van der Waals surface area contributed by atoms with Crippen LogP contribution in [0.5, 0.6) is 5.75 Å². The first-order valence-corrected chi connectivity index (χ1v) is 4.55. The molecule has 5 nitrogen and oxygen atoms in total. The lowest BCUT2D eigenvalue weighted by molar-refractivity contribution is -0.275. The van der Waals surface area contributed by atoms with E-state index in [1.165, 1.54) is 4.98 Å². The summed E-state index contributed by atoms with van der Waals surface area (Å²) in [6.45, 7) is 0. The molecule has 1 heterocycles. The van der Waals surface area contributed by atoms with Gasteiger partial charge in [-0.2, -0.15) is 0 Å². The molecule has 0 aliphatic rings. The predicted molar refractivity (Wildman–Crippen MR) is 50.0 cm³/mol. The van der Waals surface area contributed by atoms with Gasteiger partial charge in [0, 0.05) is 6.07 Å². The van der Waals surface area contributed by atoms with Crippen molar-refractivity contribution in [3.63, 3.8) is 0 Å². The van der Waals surface area contributed by atoms with E-state index in [2.05, 4.69) is 9.47 Å². The zero-order chi connectivity index (χ0) is 14.8. The van der Waals surface area contributed by atoms with E-state index in [-0.39, 0.29) is 6.07 Å². The van der Waals surface area contributed by atoms with Gasteiger partial charge in [-0.1, -0.05) is 0 Å². The van der Waals surface area contributed by atoms with Gasteiger partial charge in [0.25, 0.3) is 12.0 Å². The van der Waals surface area contributed by atoms with Crippen LogP contribution >= 0.6 is 0 Å². The van der Waals surface area contributed by atoms with E-state index in [1.807, 2.05) is 0 Å². The normalized spacial score (nSPS) is 11.5. The summed E-state index contributed by atoms with van der Waals surface area (Å²) < 4.78 is 68.4. The third-order valence-corrected chi connectivity index (χ3v) is 1.89. The monoisotopic (exact) mass is 287 g/mol. The van der Waals surface area contributed by atoms with Crippen LogP contribution in [0.4, 0.5) is 22.0 Å². The number of H-pyrrole nitrogens is 1. The van der Waals surface area contributed by atoms with Crippen molar-refractivity contribution in [1.82, 2.24) is 4.98 Å². The fourth-order valence-corrected chi connectivity index (χ4v) is 1.18. The highest BCUT2D eigenvalue weighted by Gasteiger charge is 2.33. The number of aromatic amines is 1. The second-order valence-electron chi connectivity index (χ2n) is 3.13. The highest BCUT2D eigenvalue weighted by atomic mass is 19.4. The van der Waals surface area contributed by atoms with Crippen LogP contribution in [-0.2, 0) is 4.74 Å². The van der Waals surface area contributed by atoms with Crippen molar-refractivity contribution in [1.29, 1.82) is 0 Å². The number of carbonyl (C=O) groups is 1. The van der Waals surface area contributed by atoms with Crippen LogP contribution in [0.25, 0.3) is 0 Å². The van der Waals surface area contributed by atoms with Gasteiger partial charge in [0.05, 0.1) is 18.4 Å². The van der Waals surface area contributed by atoms with Crippen LogP contribution in [0, 0.1) is 0 Å². The minimum absolute atomic E-state index is 0.250. The van der Waals surface area contributed by atoms with Gasteiger partial charge in [0.15, 0.2) is 5.75 Å². The van der Waals surface area contributed by atoms with Crippen molar-refractivity contribution < 1.29 is 36.2 Å². The van der Waals surface area contributed by atoms with Crippen molar-refractivity contribution in [2.45, 2.75) is 12.8 Å². The minimum atomic E-state index is -5.20. The molecule has 19 heavy (non-hydrogen) atoms. The number of alkyl halides is 5. The van der Waals surface area contributed by atoms with E-state index >= 15 is 0 Å². The van der Waals surface area contributed by atoms with E-state index in [0.29, 0.717) is 0 Å². The van der Waals surface area contributed by atoms with Crippen LogP contribution in [0.1, 0.15) is 22.5 Å². The molecule has 0 radical (unpaired) electrons. The van der Waals surface area contributed by atoms with E-state index in [9.17, 15) is 31.5 Å². The standard InChI is InChI=1S/C9H6F5NO4/c1-18-8(17)3-2-4(19-9(12,13)14)7(16)15-5(3)6(10)11/h2,6H,1H3,(H,15,16). The molecule has 0 aliphatic carbocycles. The van der Waals surface area contributed by atoms with Gasteiger partial charge in [-0.3, -0.25) is 4.79 Å². The Morgan fingerprint density at radius 2 is 1.95 bits per heavy atom. The number of ether oxygens (including phenoxy) is 2. The second kappa shape index (κ2) is 5.24. The SMILES string of the molecule is COC(=O)c1cc(OC(F)(F)F)c(=O)[nH]c1C(F)F. The zero-order valence-corrected chi connectivity index (χ0v) is 9.18. The molecule has 0 fully saturated rings. The Kier molecular flexibility index (Phi) is 4.12. The number of hydrogen-bond acceptors (Lipinski definition) is 4. The summed E-state index contributed by atoms with van der Waals surface area (Å²) in [6.07, 6.45) is -8.48. The van der Waals surface area contributed by atoms with E-state index in [4.69, 9.17) is 0 Å². The first-order valence-electron chi connectivity index (χ1n) is 4.55. The molecule has 0 aliphatic heterocycles. The Morgan fingerprint density at radius 1 is 1.37 bits per heavy atom. The Labute approximate surface area is 101 Å². The summed E-state index contributed by atoms with van der Waals surface area (Å²) in [6, 6.07) is 0.250. The molecule has 0 aromatic carbocycles. The van der Waals surface area contributed by atoms with Crippen LogP contribution < -0.4 is 10.3 Å². The number of methoxy groups -OCH3 is 1. The van der Waals surface area contributed by atoms with Gasteiger partial charge >= 0.3 is 12.3 Å². The summed E-state index contributed by atoms with van der Waals surface area (Å²) in [4.78, 5) is 23.7. The number of aromatic nitrogens is 1. The van der Waals surface area contributed by atoms with Crippen molar-refractivity contribution in [2.24, 2.45) is 0 Å². The third kappa shape index (κ3) is 3.66. The molecule has 0 spiro atoms. The quantitative estimate of drug-likeness (QED) is 0.682. The molecule has 0 unspecified atom stereocenters. The van der Waals surface area contributed by atoms with Crippen molar-refractivity contribution in [3.05, 3.63) is 27.7 Å². The summed E-state index contributed by atoms with van der Waals surface area (Å²) in [5.74, 6) is -2.67. The summed E-state index contributed by atoms with van der Waals surface area (Å²) in [5.41, 5.74) is -3.61. The Hall–Kier alpha value is -2.13. The molecule has 0 saturated heterocycles. The Morgan fingerprint density at radius 3 is 2.37 bits per heavy atom. The fourth-order valence-electron chi connectivity index (χ4n) is 1.18. The van der Waals surface area contributed by atoms with Crippen LogP contribution in [0.15, 0.2) is 10.9 Å². The number of nitrogens with one attached hydrogen (secondary N) is 1. The molecular formula is C9H6F5NO4. The molecule has 0 saturated carbocycles. The maximum atomic E-state index is 12.5. The van der Waals surface area contributed by atoms with E-state index < -0.39 is 41.3 Å². The molecule has 0 amide bonds. The molecule has 10 heteroatoms. The average Bonchev–Trinajstić information content (AvgIpc) is 2.28. The third-order valence-electron chi connectivity index (χ3n) is 1.89. The number of hydrogen-bond donors (Lipinski definition) is 1. The molecular weight excluding hydrogens is 281 g/mol. The number of pyridine rings is 1. The average molecular weight is 287 g/mol. The van der Waals surface area contributed by atoms with E-state index in [0.717, 1.165) is 7.11 Å². The molecule has 1 aromatic rings. The van der Waals surface area contributed by atoms with Crippen molar-refractivity contribution >= 4 is 5.97 Å².